The summed E-state index contributed by atoms with van der Waals surface area (Å²) in [6.07, 6.45) is 1.99. The summed E-state index contributed by atoms with van der Waals surface area (Å²) in [5, 5.41) is 3.39. The molecule has 0 saturated carbocycles. The highest BCUT2D eigenvalue weighted by Gasteiger charge is 2.51. The summed E-state index contributed by atoms with van der Waals surface area (Å²) in [7, 11) is 6.12. The maximum absolute atomic E-state index is 5.96. The molecule has 1 aliphatic heterocycles. The third-order valence-corrected chi connectivity index (χ3v) is 3.36. The van der Waals surface area contributed by atoms with E-state index in [1.807, 2.05) is 13.1 Å². The third-order valence-electron chi connectivity index (χ3n) is 3.36. The van der Waals surface area contributed by atoms with Crippen LogP contribution in [0.25, 0.3) is 0 Å². The van der Waals surface area contributed by atoms with Crippen LogP contribution in [0.1, 0.15) is 34.6 Å². The molecule has 7 heteroatoms. The molecule has 0 unspecified atom stereocenters. The highest BCUT2D eigenvalue weighted by molar-refractivity contribution is 6.59. The van der Waals surface area contributed by atoms with Crippen molar-refractivity contribution < 1.29 is 9.31 Å². The van der Waals surface area contributed by atoms with Gasteiger partial charge in [0.1, 0.15) is 23.5 Å². The van der Waals surface area contributed by atoms with Crippen LogP contribution < -0.4 is 5.32 Å². The predicted octanol–water partition coefficient (Wildman–Crippen LogP) is -1.38. The molecular formula is C10H23B4NO2. The van der Waals surface area contributed by atoms with Crippen LogP contribution in [-0.4, -0.2) is 47.1 Å². The fourth-order valence-corrected chi connectivity index (χ4v) is 1.43. The second-order valence-corrected chi connectivity index (χ2v) is 6.87. The van der Waals surface area contributed by atoms with E-state index in [1.54, 1.807) is 0 Å². The molecule has 1 saturated heterocycles. The van der Waals surface area contributed by atoms with Gasteiger partial charge in [-0.2, -0.15) is 0 Å². The van der Waals surface area contributed by atoms with Crippen LogP contribution in [0.3, 0.4) is 0 Å². The summed E-state index contributed by atoms with van der Waals surface area (Å²) in [5.74, 6) is 0. The van der Waals surface area contributed by atoms with Crippen LogP contribution in [0, 0.1) is 0 Å². The van der Waals surface area contributed by atoms with Crippen LogP contribution >= 0.6 is 0 Å². The van der Waals surface area contributed by atoms with Gasteiger partial charge in [0.05, 0.1) is 11.2 Å². The largest absolute Gasteiger partial charge is 0.491 e. The Bertz CT molecular complexity index is 307. The minimum Gasteiger partial charge on any atom is -0.409 e. The molecule has 92 valence electrons. The van der Waals surface area contributed by atoms with E-state index in [2.05, 4.69) is 56.6 Å². The molecule has 0 radical (unpaired) electrons. The van der Waals surface area contributed by atoms with E-state index in [1.165, 1.54) is 0 Å². The lowest BCUT2D eigenvalue weighted by atomic mass is 9.49. The van der Waals surface area contributed by atoms with E-state index < -0.39 is 0 Å². The molecule has 1 heterocycles. The number of rotatable bonds is 3. The average Bonchev–Trinajstić information content (AvgIpc) is 2.31. The number of hydrogen-bond acceptors (Lipinski definition) is 3. The summed E-state index contributed by atoms with van der Waals surface area (Å²) in [4.78, 5) is 0. The van der Waals surface area contributed by atoms with E-state index in [0.29, 0.717) is 0 Å². The van der Waals surface area contributed by atoms with Gasteiger partial charge in [-0.15, -0.1) is 0 Å². The minimum absolute atomic E-state index is 0.0604. The molecule has 0 aliphatic carbocycles. The van der Waals surface area contributed by atoms with E-state index >= 15 is 0 Å². The van der Waals surface area contributed by atoms with Crippen molar-refractivity contribution in [3.8, 4) is 0 Å². The molecule has 3 nitrogen and oxygen atoms in total. The maximum Gasteiger partial charge on any atom is 0.491 e. The number of nitrogens with one attached hydrogen (secondary N) is 1. The van der Waals surface area contributed by atoms with Crippen molar-refractivity contribution in [1.82, 2.24) is 5.32 Å². The van der Waals surface area contributed by atoms with Gasteiger partial charge in [-0.05, 0) is 46.3 Å². The molecular weight excluding hydrogens is 209 g/mol. The lowest BCUT2D eigenvalue weighted by molar-refractivity contribution is 0.00578. The van der Waals surface area contributed by atoms with Crippen molar-refractivity contribution in [2.24, 2.45) is 0 Å². The Balaban J connectivity index is 2.72. The fourth-order valence-electron chi connectivity index (χ4n) is 1.43. The zero-order valence-corrected chi connectivity index (χ0v) is 12.5. The zero-order valence-electron chi connectivity index (χ0n) is 12.5. The SMILES string of the molecule is BC(B)(B)N/C=C(\C)B1OC(C)(C)C(C)(C)O1. The van der Waals surface area contributed by atoms with E-state index in [0.717, 1.165) is 5.47 Å². The molecule has 0 aromatic heterocycles. The van der Waals surface area contributed by atoms with Gasteiger partial charge in [0.15, 0.2) is 0 Å². The lowest BCUT2D eigenvalue weighted by Crippen LogP contribution is -2.44. The number of allylic oxidation sites excluding steroid dienone is 1. The van der Waals surface area contributed by atoms with Crippen LogP contribution in [0.4, 0.5) is 0 Å². The maximum atomic E-state index is 5.96. The highest BCUT2D eigenvalue weighted by atomic mass is 16.7. The first kappa shape index (κ1) is 14.8. The van der Waals surface area contributed by atoms with Crippen molar-refractivity contribution in [3.63, 3.8) is 0 Å². The highest BCUT2D eigenvalue weighted by Crippen LogP contribution is 2.38. The van der Waals surface area contributed by atoms with Gasteiger partial charge < -0.3 is 14.6 Å². The molecule has 0 atom stereocenters. The first-order chi connectivity index (χ1) is 7.45. The summed E-state index contributed by atoms with van der Waals surface area (Å²) in [6.45, 7) is 10.3. The quantitative estimate of drug-likeness (QED) is 0.609. The second-order valence-electron chi connectivity index (χ2n) is 6.87. The molecule has 0 spiro atoms. The molecule has 0 amide bonds. The van der Waals surface area contributed by atoms with Gasteiger partial charge in [0.2, 0.25) is 0 Å². The van der Waals surface area contributed by atoms with Crippen molar-refractivity contribution in [1.29, 1.82) is 0 Å². The molecule has 0 aromatic carbocycles. The Labute approximate surface area is 108 Å². The van der Waals surface area contributed by atoms with Gasteiger partial charge in [-0.25, -0.2) is 0 Å². The molecule has 1 fully saturated rings. The molecule has 0 aromatic rings. The van der Waals surface area contributed by atoms with Crippen LogP contribution in [-0.2, 0) is 9.31 Å². The van der Waals surface area contributed by atoms with Crippen molar-refractivity contribution in [2.45, 2.75) is 51.1 Å². The van der Waals surface area contributed by atoms with E-state index in [4.69, 9.17) is 9.31 Å². The van der Waals surface area contributed by atoms with Gasteiger partial charge in [0.25, 0.3) is 0 Å². The first-order valence-electron chi connectivity index (χ1n) is 6.25. The van der Waals surface area contributed by atoms with Gasteiger partial charge >= 0.3 is 7.12 Å². The topological polar surface area (TPSA) is 30.5 Å². The Morgan fingerprint density at radius 2 is 1.53 bits per heavy atom. The summed E-state index contributed by atoms with van der Waals surface area (Å²) >= 11 is 0. The molecule has 0 bridgehead atoms. The van der Waals surface area contributed by atoms with Crippen LogP contribution in [0.15, 0.2) is 11.7 Å². The molecule has 17 heavy (non-hydrogen) atoms. The standard InChI is InChI=1S/C10H23B4NO2/c1-7(6-15-10(11,12)13)14-16-8(2,3)9(4,5)17-14/h6,15H,11-13H2,1-5H3/b7-6+. The third kappa shape index (κ3) is 3.59. The molecule has 1 rings (SSSR count). The normalized spacial score (nSPS) is 23.8. The predicted molar refractivity (Wildman–Crippen MR) is 81.3 cm³/mol. The zero-order chi connectivity index (χ0) is 13.5. The Morgan fingerprint density at radius 1 is 1.12 bits per heavy atom. The molecule has 1 aliphatic rings. The summed E-state index contributed by atoms with van der Waals surface area (Å²) < 4.78 is 11.9. The van der Waals surface area contributed by atoms with Crippen molar-refractivity contribution in [3.05, 3.63) is 11.7 Å². The second kappa shape index (κ2) is 4.43. The van der Waals surface area contributed by atoms with E-state index in [9.17, 15) is 0 Å². The first-order valence-corrected chi connectivity index (χ1v) is 6.25. The Kier molecular flexibility index (Phi) is 3.85. The summed E-state index contributed by atoms with van der Waals surface area (Å²) in [6, 6.07) is 0. The minimum atomic E-state index is -0.269. The molecule has 1 N–H and O–H groups in total. The van der Waals surface area contributed by atoms with Gasteiger partial charge in [-0.1, -0.05) is 5.24 Å². The van der Waals surface area contributed by atoms with Gasteiger partial charge in [-0.3, -0.25) is 0 Å². The van der Waals surface area contributed by atoms with Crippen LogP contribution in [0.5, 0.6) is 0 Å². The van der Waals surface area contributed by atoms with Gasteiger partial charge in [0, 0.05) is 0 Å². The average molecular weight is 233 g/mol. The van der Waals surface area contributed by atoms with E-state index in [-0.39, 0.29) is 23.6 Å². The summed E-state index contributed by atoms with van der Waals surface area (Å²) in [5.41, 5.74) is 0.529. The fraction of sp³-hybridized carbons (Fsp3) is 0.800. The lowest BCUT2D eigenvalue weighted by Gasteiger charge is -2.32. The Morgan fingerprint density at radius 3 is 1.88 bits per heavy atom. The Hall–Kier alpha value is -0.280. The monoisotopic (exact) mass is 233 g/mol. The number of hydrogen-bond donors (Lipinski definition) is 1. The van der Waals surface area contributed by atoms with Crippen molar-refractivity contribution >= 4 is 30.7 Å². The van der Waals surface area contributed by atoms with Crippen LogP contribution in [0.2, 0.25) is 0 Å². The van der Waals surface area contributed by atoms with Crippen molar-refractivity contribution in [2.75, 3.05) is 0 Å². The smallest absolute Gasteiger partial charge is 0.409 e.